The molecule has 0 aliphatic rings. The lowest BCUT2D eigenvalue weighted by Gasteiger charge is -2.12. The van der Waals surface area contributed by atoms with Gasteiger partial charge in [-0.05, 0) is 55.3 Å². The van der Waals surface area contributed by atoms with Gasteiger partial charge in [0.25, 0.3) is 0 Å². The Morgan fingerprint density at radius 1 is 0.893 bits per heavy atom. The Labute approximate surface area is 162 Å². The van der Waals surface area contributed by atoms with E-state index in [0.29, 0.717) is 28.0 Å². The molecular weight excluding hydrogens is 352 g/mol. The lowest BCUT2D eigenvalue weighted by atomic mass is 10.0. The number of hydrogen-bond donors (Lipinski definition) is 0. The molecule has 0 unspecified atom stereocenters. The second-order valence-corrected chi connectivity index (χ2v) is 6.98. The van der Waals surface area contributed by atoms with Gasteiger partial charge < -0.3 is 9.15 Å². The van der Waals surface area contributed by atoms with Gasteiger partial charge in [0.15, 0.2) is 12.4 Å². The largest absolute Gasteiger partial charge is 0.485 e. The first kappa shape index (κ1) is 18.0. The first-order chi connectivity index (χ1) is 13.5. The van der Waals surface area contributed by atoms with Crippen molar-refractivity contribution in [3.63, 3.8) is 0 Å². The van der Waals surface area contributed by atoms with Crippen LogP contribution in [0.4, 0.5) is 0 Å². The Hall–Kier alpha value is -3.40. The Morgan fingerprint density at radius 2 is 1.64 bits per heavy atom. The molecule has 0 saturated heterocycles. The summed E-state index contributed by atoms with van der Waals surface area (Å²) < 4.78 is 11.2. The van der Waals surface area contributed by atoms with Crippen LogP contribution >= 0.6 is 0 Å². The van der Waals surface area contributed by atoms with Crippen LogP contribution in [0.2, 0.25) is 0 Å². The van der Waals surface area contributed by atoms with Gasteiger partial charge in [0.05, 0.1) is 0 Å². The molecule has 140 valence electrons. The fraction of sp³-hybridized carbons (Fsp3) is 0.167. The first-order valence-electron chi connectivity index (χ1n) is 9.14. The lowest BCUT2D eigenvalue weighted by molar-refractivity contribution is 0.0921. The van der Waals surface area contributed by atoms with Crippen molar-refractivity contribution >= 4 is 27.5 Å². The molecule has 0 spiro atoms. The van der Waals surface area contributed by atoms with E-state index in [4.69, 9.17) is 9.15 Å². The number of ether oxygens (including phenoxy) is 1. The molecule has 0 N–H and O–H groups in total. The lowest BCUT2D eigenvalue weighted by Crippen LogP contribution is -2.12. The van der Waals surface area contributed by atoms with Crippen LogP contribution in [0.25, 0.3) is 21.7 Å². The molecule has 1 aromatic heterocycles. The normalized spacial score (nSPS) is 11.1. The summed E-state index contributed by atoms with van der Waals surface area (Å²) in [6.07, 6.45) is 0. The molecular formula is C24H20O4. The summed E-state index contributed by atoms with van der Waals surface area (Å²) in [6.45, 7) is 5.40. The minimum absolute atomic E-state index is 0.0836. The van der Waals surface area contributed by atoms with E-state index >= 15 is 0 Å². The summed E-state index contributed by atoms with van der Waals surface area (Å²) in [4.78, 5) is 24.6. The average molecular weight is 372 g/mol. The maximum atomic E-state index is 12.6. The average Bonchev–Trinajstić information content (AvgIpc) is 2.71. The molecule has 28 heavy (non-hydrogen) atoms. The van der Waals surface area contributed by atoms with Crippen molar-refractivity contribution in [2.24, 2.45) is 0 Å². The molecule has 4 rings (SSSR count). The Morgan fingerprint density at radius 3 is 2.43 bits per heavy atom. The smallest absolute Gasteiger partial charge is 0.339 e. The quantitative estimate of drug-likeness (QED) is 0.368. The molecule has 4 nitrogen and oxygen atoms in total. The molecule has 0 aliphatic carbocycles. The number of hydrogen-bond acceptors (Lipinski definition) is 4. The number of carbonyl (C=O) groups excluding carboxylic acids is 1. The number of aryl methyl sites for hydroxylation is 2. The van der Waals surface area contributed by atoms with Crippen LogP contribution in [0.1, 0.15) is 27.0 Å². The van der Waals surface area contributed by atoms with Crippen molar-refractivity contribution in [2.45, 2.75) is 20.8 Å². The number of benzene rings is 3. The van der Waals surface area contributed by atoms with E-state index in [2.05, 4.69) is 0 Å². The highest BCUT2D eigenvalue weighted by Gasteiger charge is 2.14. The standard InChI is InChI=1S/C24H20O4/c1-14-15(2)24(26)28-23-16(3)22(11-10-20(14)23)27-13-21(25)19-9-8-17-6-4-5-7-18(17)12-19/h4-12H,13H2,1-3H3. The molecule has 0 fully saturated rings. The van der Waals surface area contributed by atoms with Gasteiger partial charge in [-0.3, -0.25) is 4.79 Å². The van der Waals surface area contributed by atoms with E-state index in [1.54, 1.807) is 6.92 Å². The Kier molecular flexibility index (Phi) is 4.47. The van der Waals surface area contributed by atoms with E-state index in [9.17, 15) is 9.59 Å². The van der Waals surface area contributed by atoms with Crippen LogP contribution in [-0.2, 0) is 0 Å². The van der Waals surface area contributed by atoms with Gasteiger partial charge in [0.2, 0.25) is 0 Å². The number of carbonyl (C=O) groups is 1. The highest BCUT2D eigenvalue weighted by Crippen LogP contribution is 2.29. The van der Waals surface area contributed by atoms with Crippen LogP contribution in [0.3, 0.4) is 0 Å². The highest BCUT2D eigenvalue weighted by molar-refractivity contribution is 6.01. The van der Waals surface area contributed by atoms with Crippen LogP contribution in [0.5, 0.6) is 5.75 Å². The van der Waals surface area contributed by atoms with Crippen molar-refractivity contribution in [2.75, 3.05) is 6.61 Å². The molecule has 0 radical (unpaired) electrons. The zero-order valence-corrected chi connectivity index (χ0v) is 16.0. The molecule has 0 aliphatic heterocycles. The summed E-state index contributed by atoms with van der Waals surface area (Å²) in [5.74, 6) is 0.430. The molecule has 0 saturated carbocycles. The number of Topliss-reactive ketones (excluding diaryl/α,β-unsaturated/α-hetero) is 1. The monoisotopic (exact) mass is 372 g/mol. The van der Waals surface area contributed by atoms with Crippen LogP contribution in [0, 0.1) is 20.8 Å². The minimum Gasteiger partial charge on any atom is -0.485 e. The first-order valence-corrected chi connectivity index (χ1v) is 9.14. The predicted octanol–water partition coefficient (Wildman–Crippen LogP) is 5.13. The van der Waals surface area contributed by atoms with Crippen LogP contribution in [-0.4, -0.2) is 12.4 Å². The molecule has 0 amide bonds. The number of rotatable bonds is 4. The molecule has 4 heteroatoms. The van der Waals surface area contributed by atoms with Crippen molar-refractivity contribution < 1.29 is 13.9 Å². The maximum Gasteiger partial charge on any atom is 0.339 e. The molecule has 0 bridgehead atoms. The second kappa shape index (κ2) is 6.97. The molecule has 0 atom stereocenters. The summed E-state index contributed by atoms with van der Waals surface area (Å²) in [5.41, 5.74) is 2.97. The molecule has 3 aromatic carbocycles. The third-order valence-electron chi connectivity index (χ3n) is 5.25. The van der Waals surface area contributed by atoms with Gasteiger partial charge in [-0.1, -0.05) is 36.4 Å². The van der Waals surface area contributed by atoms with Crippen LogP contribution in [0.15, 0.2) is 63.8 Å². The van der Waals surface area contributed by atoms with Gasteiger partial charge in [-0.2, -0.15) is 0 Å². The number of fused-ring (bicyclic) bond motifs is 2. The predicted molar refractivity (Wildman–Crippen MR) is 110 cm³/mol. The Balaban J connectivity index is 1.61. The van der Waals surface area contributed by atoms with Crippen LogP contribution < -0.4 is 10.4 Å². The minimum atomic E-state index is -0.350. The van der Waals surface area contributed by atoms with Crippen molar-refractivity contribution in [1.29, 1.82) is 0 Å². The number of ketones is 1. The van der Waals surface area contributed by atoms with Gasteiger partial charge >= 0.3 is 5.63 Å². The van der Waals surface area contributed by atoms with Gasteiger partial charge in [0, 0.05) is 22.1 Å². The Bertz CT molecular complexity index is 1280. The summed E-state index contributed by atoms with van der Waals surface area (Å²) in [6, 6.07) is 17.2. The molecule has 1 heterocycles. The third kappa shape index (κ3) is 3.07. The maximum absolute atomic E-state index is 12.6. The van der Waals surface area contributed by atoms with E-state index in [0.717, 1.165) is 21.7 Å². The van der Waals surface area contributed by atoms with Crippen molar-refractivity contribution in [3.8, 4) is 5.75 Å². The fourth-order valence-electron chi connectivity index (χ4n) is 3.37. The highest BCUT2D eigenvalue weighted by atomic mass is 16.5. The van der Waals surface area contributed by atoms with Gasteiger partial charge in [0.1, 0.15) is 11.3 Å². The summed E-state index contributed by atoms with van der Waals surface area (Å²) in [7, 11) is 0. The van der Waals surface area contributed by atoms with Crippen molar-refractivity contribution in [3.05, 3.63) is 87.3 Å². The summed E-state index contributed by atoms with van der Waals surface area (Å²) >= 11 is 0. The van der Waals surface area contributed by atoms with E-state index in [1.807, 2.05) is 68.4 Å². The second-order valence-electron chi connectivity index (χ2n) is 6.98. The summed E-state index contributed by atoms with van der Waals surface area (Å²) in [5, 5.41) is 2.98. The SMILES string of the molecule is Cc1c(C)c2ccc(OCC(=O)c3ccc4ccccc4c3)c(C)c2oc1=O. The molecule has 4 aromatic rings. The topological polar surface area (TPSA) is 56.5 Å². The van der Waals surface area contributed by atoms with E-state index in [-0.39, 0.29) is 18.0 Å². The van der Waals surface area contributed by atoms with Crippen molar-refractivity contribution in [1.82, 2.24) is 0 Å². The third-order valence-corrected chi connectivity index (χ3v) is 5.25. The fourth-order valence-corrected chi connectivity index (χ4v) is 3.37. The zero-order valence-electron chi connectivity index (χ0n) is 16.0. The van der Waals surface area contributed by atoms with E-state index < -0.39 is 0 Å². The van der Waals surface area contributed by atoms with E-state index in [1.165, 1.54) is 0 Å². The zero-order chi connectivity index (χ0) is 19.8. The van der Waals surface area contributed by atoms with Gasteiger partial charge in [-0.15, -0.1) is 0 Å². The van der Waals surface area contributed by atoms with Gasteiger partial charge in [-0.25, -0.2) is 4.79 Å².